The Bertz CT molecular complexity index is 435. The average Bonchev–Trinajstić information content (AvgIpc) is 2.75. The molecule has 3 nitrogen and oxygen atoms in total. The molecule has 3 atom stereocenters. The molecule has 0 saturated heterocycles. The third kappa shape index (κ3) is 2.37. The second kappa shape index (κ2) is 5.51. The molecule has 2 aliphatic rings. The Labute approximate surface area is 115 Å². The molecule has 3 heteroatoms. The highest BCUT2D eigenvalue weighted by atomic mass is 16.3. The summed E-state index contributed by atoms with van der Waals surface area (Å²) < 4.78 is 0. The van der Waals surface area contributed by atoms with Crippen LogP contribution in [0.3, 0.4) is 0 Å². The minimum atomic E-state index is -0.293. The molecule has 3 rings (SSSR count). The number of likely N-dealkylation sites (N-methyl/N-ethyl adjacent to an activating group) is 1. The van der Waals surface area contributed by atoms with Gasteiger partial charge in [-0.2, -0.15) is 0 Å². The van der Waals surface area contributed by atoms with E-state index in [-0.39, 0.29) is 6.10 Å². The van der Waals surface area contributed by atoms with Crippen LogP contribution in [0, 0.1) is 0 Å². The highest BCUT2D eigenvalue weighted by Gasteiger charge is 2.39. The van der Waals surface area contributed by atoms with Crippen molar-refractivity contribution in [1.82, 2.24) is 5.32 Å². The van der Waals surface area contributed by atoms with Crippen LogP contribution in [0.15, 0.2) is 24.3 Å². The standard InChI is InChI=1S/C16H24N2O/c1-17-10-12(19)11-18-15-8-4-2-6-13(15)14-7-3-5-9-16(14)18/h2,4,6,8,12,14,16-17,19H,3,5,7,9-11H2,1H3. The highest BCUT2D eigenvalue weighted by molar-refractivity contribution is 5.62. The van der Waals surface area contributed by atoms with Crippen molar-refractivity contribution in [3.63, 3.8) is 0 Å². The Morgan fingerprint density at radius 3 is 2.95 bits per heavy atom. The SMILES string of the molecule is CNCC(O)CN1c2ccccc2C2CCCCC21. The van der Waals surface area contributed by atoms with Crippen LogP contribution in [-0.2, 0) is 0 Å². The van der Waals surface area contributed by atoms with Gasteiger partial charge in [0.25, 0.3) is 0 Å². The van der Waals surface area contributed by atoms with Crippen molar-refractivity contribution in [2.75, 3.05) is 25.0 Å². The fourth-order valence-electron chi connectivity index (χ4n) is 3.85. The zero-order chi connectivity index (χ0) is 13.2. The summed E-state index contributed by atoms with van der Waals surface area (Å²) in [7, 11) is 1.89. The number of aliphatic hydroxyl groups excluding tert-OH is 1. The Kier molecular flexibility index (Phi) is 3.76. The van der Waals surface area contributed by atoms with Crippen LogP contribution < -0.4 is 10.2 Å². The van der Waals surface area contributed by atoms with E-state index in [9.17, 15) is 5.11 Å². The topological polar surface area (TPSA) is 35.5 Å². The zero-order valence-electron chi connectivity index (χ0n) is 11.7. The first-order chi connectivity index (χ1) is 9.31. The lowest BCUT2D eigenvalue weighted by Crippen LogP contribution is -2.43. The van der Waals surface area contributed by atoms with E-state index in [4.69, 9.17) is 0 Å². The number of hydrogen-bond acceptors (Lipinski definition) is 3. The normalized spacial score (nSPS) is 26.9. The fourth-order valence-corrected chi connectivity index (χ4v) is 3.85. The molecule has 2 N–H and O–H groups in total. The van der Waals surface area contributed by atoms with E-state index >= 15 is 0 Å². The smallest absolute Gasteiger partial charge is 0.0839 e. The van der Waals surface area contributed by atoms with E-state index in [0.29, 0.717) is 18.5 Å². The number of nitrogens with zero attached hydrogens (tertiary/aromatic N) is 1. The number of benzene rings is 1. The minimum absolute atomic E-state index is 0.293. The van der Waals surface area contributed by atoms with Crippen LogP contribution >= 0.6 is 0 Å². The summed E-state index contributed by atoms with van der Waals surface area (Å²) in [5.41, 5.74) is 2.86. The van der Waals surface area contributed by atoms with Crippen molar-refractivity contribution in [2.24, 2.45) is 0 Å². The minimum Gasteiger partial charge on any atom is -0.390 e. The van der Waals surface area contributed by atoms with Gasteiger partial charge >= 0.3 is 0 Å². The lowest BCUT2D eigenvalue weighted by Gasteiger charge is -2.34. The van der Waals surface area contributed by atoms with Crippen LogP contribution in [-0.4, -0.2) is 37.4 Å². The number of para-hydroxylation sites is 1. The Hall–Kier alpha value is -1.06. The van der Waals surface area contributed by atoms with E-state index in [2.05, 4.69) is 34.5 Å². The van der Waals surface area contributed by atoms with Crippen molar-refractivity contribution in [1.29, 1.82) is 0 Å². The van der Waals surface area contributed by atoms with Gasteiger partial charge in [0.05, 0.1) is 6.10 Å². The number of nitrogens with one attached hydrogen (secondary N) is 1. The molecule has 1 fully saturated rings. The first kappa shape index (κ1) is 12.9. The predicted octanol–water partition coefficient (Wildman–Crippen LogP) is 2.11. The first-order valence-corrected chi connectivity index (χ1v) is 7.49. The molecule has 19 heavy (non-hydrogen) atoms. The fraction of sp³-hybridized carbons (Fsp3) is 0.625. The number of anilines is 1. The number of β-amino-alcohol motifs (C(OH)–C–C–N with tert-alkyl or cyclic N) is 1. The van der Waals surface area contributed by atoms with Crippen molar-refractivity contribution in [3.8, 4) is 0 Å². The first-order valence-electron chi connectivity index (χ1n) is 7.49. The lowest BCUT2D eigenvalue weighted by atomic mass is 9.82. The molecule has 104 valence electrons. The van der Waals surface area contributed by atoms with Crippen LogP contribution in [0.25, 0.3) is 0 Å². The van der Waals surface area contributed by atoms with Crippen LogP contribution in [0.5, 0.6) is 0 Å². The molecule has 1 aromatic rings. The molecule has 0 amide bonds. The maximum absolute atomic E-state index is 10.1. The number of fused-ring (bicyclic) bond motifs is 3. The van der Waals surface area contributed by atoms with Crippen LogP contribution in [0.2, 0.25) is 0 Å². The molecule has 0 bridgehead atoms. The Balaban J connectivity index is 1.85. The van der Waals surface area contributed by atoms with E-state index in [1.54, 1.807) is 0 Å². The van der Waals surface area contributed by atoms with Crippen molar-refractivity contribution >= 4 is 5.69 Å². The highest BCUT2D eigenvalue weighted by Crippen LogP contribution is 2.47. The van der Waals surface area contributed by atoms with Gasteiger partial charge in [-0.25, -0.2) is 0 Å². The molecule has 1 aromatic carbocycles. The maximum atomic E-state index is 10.1. The summed E-state index contributed by atoms with van der Waals surface area (Å²) >= 11 is 0. The lowest BCUT2D eigenvalue weighted by molar-refractivity contribution is 0.174. The summed E-state index contributed by atoms with van der Waals surface area (Å²) in [5, 5.41) is 13.2. The summed E-state index contributed by atoms with van der Waals surface area (Å²) in [5.74, 6) is 0.687. The Morgan fingerprint density at radius 1 is 1.32 bits per heavy atom. The number of hydrogen-bond donors (Lipinski definition) is 2. The molecular formula is C16H24N2O. The molecule has 1 aliphatic heterocycles. The molecule has 0 aromatic heterocycles. The van der Waals surface area contributed by atoms with Crippen LogP contribution in [0.4, 0.5) is 5.69 Å². The van der Waals surface area contributed by atoms with Gasteiger partial charge in [0, 0.05) is 30.7 Å². The number of aliphatic hydroxyl groups is 1. The third-order valence-electron chi connectivity index (χ3n) is 4.62. The van der Waals surface area contributed by atoms with Gasteiger partial charge in [0.2, 0.25) is 0 Å². The Morgan fingerprint density at radius 2 is 2.11 bits per heavy atom. The second-order valence-corrected chi connectivity index (χ2v) is 5.88. The maximum Gasteiger partial charge on any atom is 0.0839 e. The quantitative estimate of drug-likeness (QED) is 0.870. The van der Waals surface area contributed by atoms with Gasteiger partial charge in [-0.15, -0.1) is 0 Å². The average molecular weight is 260 g/mol. The molecule has 3 unspecified atom stereocenters. The summed E-state index contributed by atoms with van der Waals surface area (Å²) in [6.45, 7) is 1.41. The number of rotatable bonds is 4. The van der Waals surface area contributed by atoms with E-state index in [0.717, 1.165) is 6.54 Å². The van der Waals surface area contributed by atoms with Gasteiger partial charge in [0.1, 0.15) is 0 Å². The van der Waals surface area contributed by atoms with Crippen molar-refractivity contribution < 1.29 is 5.11 Å². The molecular weight excluding hydrogens is 236 g/mol. The van der Waals surface area contributed by atoms with Gasteiger partial charge in [-0.05, 0) is 31.5 Å². The molecule has 0 radical (unpaired) electrons. The monoisotopic (exact) mass is 260 g/mol. The second-order valence-electron chi connectivity index (χ2n) is 5.88. The van der Waals surface area contributed by atoms with E-state index in [1.165, 1.54) is 36.9 Å². The van der Waals surface area contributed by atoms with Gasteiger partial charge in [-0.1, -0.05) is 31.0 Å². The van der Waals surface area contributed by atoms with Crippen LogP contribution in [0.1, 0.15) is 37.2 Å². The van der Waals surface area contributed by atoms with Gasteiger partial charge in [0.15, 0.2) is 0 Å². The predicted molar refractivity (Wildman–Crippen MR) is 78.7 cm³/mol. The van der Waals surface area contributed by atoms with E-state index < -0.39 is 0 Å². The van der Waals surface area contributed by atoms with Gasteiger partial charge < -0.3 is 15.3 Å². The molecule has 1 saturated carbocycles. The summed E-state index contributed by atoms with van der Waals surface area (Å²) in [6, 6.07) is 9.38. The van der Waals surface area contributed by atoms with Crippen molar-refractivity contribution in [3.05, 3.63) is 29.8 Å². The molecule has 0 spiro atoms. The van der Waals surface area contributed by atoms with Gasteiger partial charge in [-0.3, -0.25) is 0 Å². The molecule has 1 aliphatic carbocycles. The summed E-state index contributed by atoms with van der Waals surface area (Å²) in [6.07, 6.45) is 4.96. The van der Waals surface area contributed by atoms with Crippen molar-refractivity contribution in [2.45, 2.75) is 43.7 Å². The molecule has 1 heterocycles. The zero-order valence-corrected chi connectivity index (χ0v) is 11.7. The summed E-state index contributed by atoms with van der Waals surface area (Å²) in [4.78, 5) is 2.46. The largest absolute Gasteiger partial charge is 0.390 e. The van der Waals surface area contributed by atoms with E-state index in [1.807, 2.05) is 7.05 Å². The third-order valence-corrected chi connectivity index (χ3v) is 4.62.